The van der Waals surface area contributed by atoms with E-state index in [0.29, 0.717) is 5.89 Å². The van der Waals surface area contributed by atoms with Crippen molar-refractivity contribution < 1.29 is 19.2 Å². The van der Waals surface area contributed by atoms with Gasteiger partial charge in [-0.15, -0.1) is 0 Å². The first-order valence-electron chi connectivity index (χ1n) is 6.59. The van der Waals surface area contributed by atoms with Crippen molar-refractivity contribution in [1.29, 1.82) is 0 Å². The molecule has 0 bridgehead atoms. The van der Waals surface area contributed by atoms with Crippen molar-refractivity contribution in [1.82, 2.24) is 20.8 Å². The van der Waals surface area contributed by atoms with Gasteiger partial charge in [0.05, 0.1) is 6.04 Å². The zero-order chi connectivity index (χ0) is 14.7. The van der Waals surface area contributed by atoms with Gasteiger partial charge in [-0.05, 0) is 25.3 Å². The van der Waals surface area contributed by atoms with E-state index in [4.69, 9.17) is 9.63 Å². The Morgan fingerprint density at radius 3 is 2.80 bits per heavy atom. The van der Waals surface area contributed by atoms with Crippen molar-refractivity contribution in [3.8, 4) is 0 Å². The molecule has 8 heteroatoms. The second-order valence-corrected chi connectivity index (χ2v) is 5.14. The van der Waals surface area contributed by atoms with Crippen molar-refractivity contribution in [3.05, 3.63) is 11.7 Å². The maximum Gasteiger partial charge on any atom is 0.326 e. The maximum atomic E-state index is 11.9. The molecule has 0 aliphatic carbocycles. The third-order valence-electron chi connectivity index (χ3n) is 3.22. The van der Waals surface area contributed by atoms with E-state index in [2.05, 4.69) is 20.8 Å². The molecular formula is C12H18N4O4. The SMILES string of the molecule is CC(C)[C@H](NC(=O)c1noc(C2CCCN2)n1)C(=O)O. The van der Waals surface area contributed by atoms with Crippen LogP contribution in [0.4, 0.5) is 0 Å². The minimum atomic E-state index is -1.09. The lowest BCUT2D eigenvalue weighted by atomic mass is 10.0. The number of hydrogen-bond acceptors (Lipinski definition) is 6. The molecule has 1 amide bonds. The molecule has 1 aliphatic rings. The molecular weight excluding hydrogens is 264 g/mol. The topological polar surface area (TPSA) is 117 Å². The lowest BCUT2D eigenvalue weighted by Crippen LogP contribution is -2.44. The Balaban J connectivity index is 2.03. The highest BCUT2D eigenvalue weighted by molar-refractivity contribution is 5.93. The third-order valence-corrected chi connectivity index (χ3v) is 3.22. The average Bonchev–Trinajstić information content (AvgIpc) is 3.04. The van der Waals surface area contributed by atoms with Crippen LogP contribution in [0, 0.1) is 5.92 Å². The fourth-order valence-corrected chi connectivity index (χ4v) is 2.08. The smallest absolute Gasteiger partial charge is 0.326 e. The number of nitrogens with one attached hydrogen (secondary N) is 2. The van der Waals surface area contributed by atoms with Gasteiger partial charge in [-0.1, -0.05) is 19.0 Å². The molecule has 20 heavy (non-hydrogen) atoms. The molecule has 1 aliphatic heterocycles. The predicted molar refractivity (Wildman–Crippen MR) is 68.0 cm³/mol. The zero-order valence-electron chi connectivity index (χ0n) is 11.4. The molecule has 2 rings (SSSR count). The Morgan fingerprint density at radius 1 is 1.50 bits per heavy atom. The van der Waals surface area contributed by atoms with Gasteiger partial charge in [0, 0.05) is 0 Å². The number of nitrogens with zero attached hydrogens (tertiary/aromatic N) is 2. The van der Waals surface area contributed by atoms with Crippen LogP contribution in [-0.4, -0.2) is 39.7 Å². The van der Waals surface area contributed by atoms with E-state index < -0.39 is 17.9 Å². The Labute approximate surface area is 115 Å². The highest BCUT2D eigenvalue weighted by Crippen LogP contribution is 2.21. The van der Waals surface area contributed by atoms with Gasteiger partial charge >= 0.3 is 5.97 Å². The molecule has 3 N–H and O–H groups in total. The Hall–Kier alpha value is -1.96. The van der Waals surface area contributed by atoms with E-state index in [1.54, 1.807) is 13.8 Å². The summed E-state index contributed by atoms with van der Waals surface area (Å²) in [5, 5.41) is 18.2. The second kappa shape index (κ2) is 6.00. The zero-order valence-corrected chi connectivity index (χ0v) is 11.4. The minimum Gasteiger partial charge on any atom is -0.480 e. The summed E-state index contributed by atoms with van der Waals surface area (Å²) in [7, 11) is 0. The van der Waals surface area contributed by atoms with Gasteiger partial charge in [-0.3, -0.25) is 4.79 Å². The number of hydrogen-bond donors (Lipinski definition) is 3. The summed E-state index contributed by atoms with van der Waals surface area (Å²) in [6.45, 7) is 4.30. The molecule has 8 nitrogen and oxygen atoms in total. The Kier molecular flexibility index (Phi) is 4.33. The number of amides is 1. The molecule has 2 heterocycles. The third kappa shape index (κ3) is 3.13. The fourth-order valence-electron chi connectivity index (χ4n) is 2.08. The first-order chi connectivity index (χ1) is 9.49. The molecule has 2 atom stereocenters. The summed E-state index contributed by atoms with van der Waals surface area (Å²) in [5.74, 6) is -1.74. The van der Waals surface area contributed by atoms with Crippen LogP contribution in [-0.2, 0) is 4.79 Å². The molecule has 0 aromatic carbocycles. The number of aliphatic carboxylic acids is 1. The molecule has 1 unspecified atom stereocenters. The summed E-state index contributed by atoms with van der Waals surface area (Å²) in [6.07, 6.45) is 1.90. The number of carboxylic acids is 1. The van der Waals surface area contributed by atoms with Crippen LogP contribution in [0.25, 0.3) is 0 Å². The van der Waals surface area contributed by atoms with Crippen LogP contribution in [0.2, 0.25) is 0 Å². The van der Waals surface area contributed by atoms with Crippen LogP contribution >= 0.6 is 0 Å². The van der Waals surface area contributed by atoms with Crippen molar-refractivity contribution in [2.24, 2.45) is 5.92 Å². The monoisotopic (exact) mass is 282 g/mol. The Bertz CT molecular complexity index is 493. The molecule has 1 aromatic rings. The first kappa shape index (κ1) is 14.4. The van der Waals surface area contributed by atoms with Gasteiger partial charge in [0.1, 0.15) is 6.04 Å². The van der Waals surface area contributed by atoms with Gasteiger partial charge in [-0.2, -0.15) is 4.98 Å². The summed E-state index contributed by atoms with van der Waals surface area (Å²) < 4.78 is 5.04. The molecule has 1 fully saturated rings. The van der Waals surface area contributed by atoms with E-state index >= 15 is 0 Å². The second-order valence-electron chi connectivity index (χ2n) is 5.14. The standard InChI is InChI=1S/C12H18N4O4/c1-6(2)8(12(18)19)14-10(17)9-15-11(20-16-9)7-4-3-5-13-7/h6-8,13H,3-5H2,1-2H3,(H,14,17)(H,18,19)/t7?,8-/m0/s1. The van der Waals surface area contributed by atoms with Gasteiger partial charge in [0.2, 0.25) is 5.89 Å². The van der Waals surface area contributed by atoms with Crippen molar-refractivity contribution in [2.75, 3.05) is 6.54 Å². The van der Waals surface area contributed by atoms with Gasteiger partial charge in [0.15, 0.2) is 0 Å². The van der Waals surface area contributed by atoms with Crippen molar-refractivity contribution in [3.63, 3.8) is 0 Å². The number of carbonyl (C=O) groups excluding carboxylic acids is 1. The number of carboxylic acid groups (broad SMARTS) is 1. The van der Waals surface area contributed by atoms with E-state index in [-0.39, 0.29) is 17.8 Å². The molecule has 0 radical (unpaired) electrons. The predicted octanol–water partition coefficient (Wildman–Crippen LogP) is 0.333. The molecule has 1 aromatic heterocycles. The molecule has 0 saturated carbocycles. The summed E-state index contributed by atoms with van der Waals surface area (Å²) in [6, 6.07) is -1.00. The van der Waals surface area contributed by atoms with Crippen LogP contribution in [0.5, 0.6) is 0 Å². The fraction of sp³-hybridized carbons (Fsp3) is 0.667. The average molecular weight is 282 g/mol. The van der Waals surface area contributed by atoms with Crippen LogP contribution in [0.15, 0.2) is 4.52 Å². The van der Waals surface area contributed by atoms with Crippen molar-refractivity contribution in [2.45, 2.75) is 38.8 Å². The van der Waals surface area contributed by atoms with Crippen molar-refractivity contribution >= 4 is 11.9 Å². The van der Waals surface area contributed by atoms with E-state index in [1.165, 1.54) is 0 Å². The lowest BCUT2D eigenvalue weighted by Gasteiger charge is -2.16. The molecule has 110 valence electrons. The van der Waals surface area contributed by atoms with Gasteiger partial charge < -0.3 is 20.3 Å². The van der Waals surface area contributed by atoms with Crippen LogP contribution < -0.4 is 10.6 Å². The maximum absolute atomic E-state index is 11.9. The highest BCUT2D eigenvalue weighted by atomic mass is 16.5. The molecule has 0 spiro atoms. The summed E-state index contributed by atoms with van der Waals surface area (Å²) in [5.41, 5.74) is 0. The van der Waals surface area contributed by atoms with E-state index in [0.717, 1.165) is 19.4 Å². The Morgan fingerprint density at radius 2 is 2.25 bits per heavy atom. The highest BCUT2D eigenvalue weighted by Gasteiger charge is 2.28. The van der Waals surface area contributed by atoms with E-state index in [9.17, 15) is 9.59 Å². The van der Waals surface area contributed by atoms with Gasteiger partial charge in [-0.25, -0.2) is 4.79 Å². The lowest BCUT2D eigenvalue weighted by molar-refractivity contribution is -0.140. The molecule has 1 saturated heterocycles. The minimum absolute atomic E-state index is 0.0237. The quantitative estimate of drug-likeness (QED) is 0.712. The largest absolute Gasteiger partial charge is 0.480 e. The van der Waals surface area contributed by atoms with E-state index in [1.807, 2.05) is 0 Å². The number of carbonyl (C=O) groups is 2. The number of aromatic nitrogens is 2. The summed E-state index contributed by atoms with van der Waals surface area (Å²) in [4.78, 5) is 27.0. The normalized spacial score (nSPS) is 20.1. The number of rotatable bonds is 5. The van der Waals surface area contributed by atoms with Crippen LogP contribution in [0.3, 0.4) is 0 Å². The van der Waals surface area contributed by atoms with Crippen LogP contribution in [0.1, 0.15) is 49.2 Å². The van der Waals surface area contributed by atoms with Gasteiger partial charge in [0.25, 0.3) is 11.7 Å². The first-order valence-corrected chi connectivity index (χ1v) is 6.59. The summed E-state index contributed by atoms with van der Waals surface area (Å²) >= 11 is 0.